The molecule has 0 aliphatic carbocycles. The van der Waals surface area contributed by atoms with Gasteiger partial charge in [0.05, 0.1) is 0 Å². The molecule has 0 bridgehead atoms. The minimum absolute atomic E-state index is 1.42. The Hall–Kier alpha value is -0.300. The van der Waals surface area contributed by atoms with E-state index in [9.17, 15) is 0 Å². The summed E-state index contributed by atoms with van der Waals surface area (Å²) >= 11 is 10.4. The quantitative estimate of drug-likeness (QED) is 0.346. The van der Waals surface area contributed by atoms with Gasteiger partial charge in [0.2, 0.25) is 4.33 Å². The average molecular weight is 133 g/mol. The van der Waals surface area contributed by atoms with Crippen LogP contribution in [0.15, 0.2) is 0 Å². The zero-order valence-electron chi connectivity index (χ0n) is 3.41. The van der Waals surface area contributed by atoms with Crippen molar-refractivity contribution in [3.05, 3.63) is 0 Å². The third kappa shape index (κ3) is 2.40. The molecule has 2 heteroatoms. The van der Waals surface area contributed by atoms with Gasteiger partial charge < -0.3 is 0 Å². The fourth-order valence-corrected chi connectivity index (χ4v) is 0.0417. The van der Waals surface area contributed by atoms with Crippen LogP contribution in [-0.2, 0) is 0 Å². The lowest BCUT2D eigenvalue weighted by molar-refractivity contribution is 1.42. The van der Waals surface area contributed by atoms with Crippen LogP contribution in [0.4, 0.5) is 0 Å². The van der Waals surface area contributed by atoms with Gasteiger partial charge in [-0.1, -0.05) is 35.0 Å². The summed E-state index contributed by atoms with van der Waals surface area (Å²) in [4.78, 5) is 0. The highest BCUT2D eigenvalue weighted by atomic mass is 35.5. The summed E-state index contributed by atoms with van der Waals surface area (Å²) in [7, 11) is 0. The summed E-state index contributed by atoms with van der Waals surface area (Å²) < 4.78 is -1.42. The van der Waals surface area contributed by atoms with Crippen molar-refractivity contribution in [1.29, 1.82) is 0 Å². The van der Waals surface area contributed by atoms with E-state index in [2.05, 4.69) is 0 Å². The van der Waals surface area contributed by atoms with E-state index in [1.807, 2.05) is 11.8 Å². The molecule has 0 nitrogen and oxygen atoms in total. The van der Waals surface area contributed by atoms with Gasteiger partial charge in [0.25, 0.3) is 0 Å². The van der Waals surface area contributed by atoms with E-state index >= 15 is 0 Å². The van der Waals surface area contributed by atoms with E-state index in [-0.39, 0.29) is 0 Å². The molecule has 0 spiro atoms. The molecule has 0 fully saturated rings. The predicted octanol–water partition coefficient (Wildman–Crippen LogP) is 1.43. The van der Waals surface area contributed by atoms with Crippen molar-refractivity contribution in [2.45, 2.75) is 4.33 Å². The monoisotopic (exact) mass is 132 g/mol. The maximum absolute atomic E-state index is 5.20. The number of halogens is 2. The Labute approximate surface area is 52.8 Å². The van der Waals surface area contributed by atoms with Crippen LogP contribution < -0.4 is 0 Å². The molecule has 0 saturated carbocycles. The number of terminal acetylenes is 2. The van der Waals surface area contributed by atoms with Crippen LogP contribution in [0.3, 0.4) is 0 Å². The second-order valence-electron chi connectivity index (χ2n) is 0.863. The lowest BCUT2D eigenvalue weighted by Crippen LogP contribution is -2.02. The van der Waals surface area contributed by atoms with E-state index < -0.39 is 4.33 Å². The van der Waals surface area contributed by atoms with Crippen molar-refractivity contribution in [3.63, 3.8) is 0 Å². The van der Waals surface area contributed by atoms with Gasteiger partial charge in [-0.3, -0.25) is 0 Å². The zero-order valence-corrected chi connectivity index (χ0v) is 4.92. The molecule has 0 N–H and O–H groups in total. The second kappa shape index (κ2) is 2.12. The Bertz CT molecular complexity index is 117. The number of rotatable bonds is 0. The first-order valence-corrected chi connectivity index (χ1v) is 2.21. The highest BCUT2D eigenvalue weighted by Gasteiger charge is 2.13. The van der Waals surface area contributed by atoms with E-state index in [0.29, 0.717) is 0 Å². The second-order valence-corrected chi connectivity index (χ2v) is 2.19. The van der Waals surface area contributed by atoms with Gasteiger partial charge in [0.15, 0.2) is 0 Å². The summed E-state index contributed by atoms with van der Waals surface area (Å²) in [6.45, 7) is 0. The summed E-state index contributed by atoms with van der Waals surface area (Å²) in [5, 5.41) is 0. The van der Waals surface area contributed by atoms with E-state index in [0.717, 1.165) is 0 Å². The molecule has 0 atom stereocenters. The maximum atomic E-state index is 5.20. The van der Waals surface area contributed by atoms with E-state index in [1.165, 1.54) is 0 Å². The number of alkyl halides is 2. The normalized spacial score (nSPS) is 9.14. The van der Waals surface area contributed by atoms with Crippen LogP contribution in [0.1, 0.15) is 0 Å². The molecule has 36 valence electrons. The number of hydrogen-bond donors (Lipinski definition) is 0. The summed E-state index contributed by atoms with van der Waals surface area (Å²) in [6.07, 6.45) is 9.52. The van der Waals surface area contributed by atoms with Gasteiger partial charge in [-0.2, -0.15) is 0 Å². The average Bonchev–Trinajstić information content (AvgIpc) is 1.68. The third-order valence-electron chi connectivity index (χ3n) is 0.363. The van der Waals surface area contributed by atoms with Crippen LogP contribution in [-0.4, -0.2) is 4.33 Å². The van der Waals surface area contributed by atoms with Gasteiger partial charge >= 0.3 is 0 Å². The summed E-state index contributed by atoms with van der Waals surface area (Å²) in [5.74, 6) is 3.97. The zero-order chi connectivity index (χ0) is 5.91. The van der Waals surface area contributed by atoms with Crippen LogP contribution >= 0.6 is 23.2 Å². The molecule has 0 unspecified atom stereocenters. The van der Waals surface area contributed by atoms with Crippen molar-refractivity contribution in [2.24, 2.45) is 0 Å². The van der Waals surface area contributed by atoms with Crippen molar-refractivity contribution < 1.29 is 0 Å². The minimum atomic E-state index is -1.42. The SMILES string of the molecule is C#CC(Cl)(Cl)C#C. The Morgan fingerprint density at radius 2 is 1.43 bits per heavy atom. The van der Waals surface area contributed by atoms with Crippen LogP contribution in [0.5, 0.6) is 0 Å². The molecule has 0 aromatic heterocycles. The van der Waals surface area contributed by atoms with Crippen molar-refractivity contribution >= 4 is 23.2 Å². The first kappa shape index (κ1) is 6.70. The molecular formula is C5H2Cl2. The highest BCUT2D eigenvalue weighted by Crippen LogP contribution is 2.16. The van der Waals surface area contributed by atoms with E-state index in [4.69, 9.17) is 36.0 Å². The van der Waals surface area contributed by atoms with Crippen molar-refractivity contribution in [3.8, 4) is 24.7 Å². The Morgan fingerprint density at radius 1 is 1.14 bits per heavy atom. The van der Waals surface area contributed by atoms with Gasteiger partial charge in [0, 0.05) is 0 Å². The fraction of sp³-hybridized carbons (Fsp3) is 0.200. The van der Waals surface area contributed by atoms with Gasteiger partial charge in [-0.05, 0) is 0 Å². The summed E-state index contributed by atoms with van der Waals surface area (Å²) in [6, 6.07) is 0. The molecule has 0 saturated heterocycles. The van der Waals surface area contributed by atoms with Crippen molar-refractivity contribution in [1.82, 2.24) is 0 Å². The van der Waals surface area contributed by atoms with Gasteiger partial charge in [-0.15, -0.1) is 12.8 Å². The number of hydrogen-bond acceptors (Lipinski definition) is 0. The third-order valence-corrected chi connectivity index (χ3v) is 0.799. The largest absolute Gasteiger partial charge is 0.238 e. The first-order valence-electron chi connectivity index (χ1n) is 1.46. The highest BCUT2D eigenvalue weighted by molar-refractivity contribution is 6.52. The molecule has 7 heavy (non-hydrogen) atoms. The Morgan fingerprint density at radius 3 is 1.43 bits per heavy atom. The molecule has 0 heterocycles. The molecule has 0 amide bonds. The molecule has 0 rings (SSSR count). The molecule has 0 aromatic carbocycles. The molecule has 0 radical (unpaired) electrons. The molecule has 0 aromatic rings. The molecule has 0 aliphatic rings. The standard InChI is InChI=1S/C5H2Cl2/c1-3-5(6,7)4-2/h1-2H. The van der Waals surface area contributed by atoms with Crippen molar-refractivity contribution in [2.75, 3.05) is 0 Å². The van der Waals surface area contributed by atoms with Gasteiger partial charge in [-0.25, -0.2) is 0 Å². The summed E-state index contributed by atoms with van der Waals surface area (Å²) in [5.41, 5.74) is 0. The Balaban J connectivity index is 4.00. The van der Waals surface area contributed by atoms with Crippen LogP contribution in [0.25, 0.3) is 0 Å². The first-order chi connectivity index (χ1) is 3.12. The smallest absolute Gasteiger partial charge is 0.116 e. The lowest BCUT2D eigenvalue weighted by atomic mass is 10.4. The van der Waals surface area contributed by atoms with Crippen LogP contribution in [0, 0.1) is 24.7 Å². The maximum Gasteiger partial charge on any atom is 0.238 e. The minimum Gasteiger partial charge on any atom is -0.116 e. The molecule has 0 aliphatic heterocycles. The van der Waals surface area contributed by atoms with E-state index in [1.54, 1.807) is 0 Å². The van der Waals surface area contributed by atoms with Gasteiger partial charge in [0.1, 0.15) is 0 Å². The Kier molecular flexibility index (Phi) is 2.03. The fourth-order valence-electron chi connectivity index (χ4n) is 0.0417. The topological polar surface area (TPSA) is 0 Å². The predicted molar refractivity (Wildman–Crippen MR) is 32.1 cm³/mol. The molecular weight excluding hydrogens is 131 g/mol. The van der Waals surface area contributed by atoms with Crippen LogP contribution in [0.2, 0.25) is 0 Å². The lowest BCUT2D eigenvalue weighted by Gasteiger charge is -1.97.